The van der Waals surface area contributed by atoms with Crippen LogP contribution in [0.3, 0.4) is 0 Å². The van der Waals surface area contributed by atoms with E-state index in [1.807, 2.05) is 0 Å². The Labute approximate surface area is 217 Å². The van der Waals surface area contributed by atoms with Crippen LogP contribution in [-0.2, 0) is 0 Å². The highest BCUT2D eigenvalue weighted by molar-refractivity contribution is 5.92. The van der Waals surface area contributed by atoms with Gasteiger partial charge in [0.05, 0.1) is 29.3 Å². The molecular weight excluding hydrogens is 512 g/mol. The van der Waals surface area contributed by atoms with Crippen LogP contribution in [0.15, 0.2) is 67.0 Å². The fraction of sp³-hybridized carbons (Fsp3) is 0. The summed E-state index contributed by atoms with van der Waals surface area (Å²) in [5.74, 6) is -4.70. The fourth-order valence-electron chi connectivity index (χ4n) is 3.78. The van der Waals surface area contributed by atoms with Gasteiger partial charge in [-0.15, -0.1) is 10.2 Å². The highest BCUT2D eigenvalue weighted by atomic mass is 16.4. The van der Waals surface area contributed by atoms with Gasteiger partial charge >= 0.3 is 17.9 Å². The first-order valence-electron chi connectivity index (χ1n) is 11.0. The molecule has 0 amide bonds. The zero-order valence-corrected chi connectivity index (χ0v) is 19.5. The van der Waals surface area contributed by atoms with Gasteiger partial charge in [0.2, 0.25) is 0 Å². The smallest absolute Gasteiger partial charge is 0.339 e. The van der Waals surface area contributed by atoms with Crippen LogP contribution in [0.2, 0.25) is 0 Å². The Kier molecular flexibility index (Phi) is 5.96. The number of rotatable bonds is 7. The minimum atomic E-state index is -1.29. The Balaban J connectivity index is 1.51. The van der Waals surface area contributed by atoms with Crippen molar-refractivity contribution in [2.45, 2.75) is 0 Å². The van der Waals surface area contributed by atoms with Crippen LogP contribution in [0, 0.1) is 0 Å². The summed E-state index contributed by atoms with van der Waals surface area (Å²) >= 11 is 0. The van der Waals surface area contributed by atoms with E-state index in [1.54, 1.807) is 6.07 Å². The van der Waals surface area contributed by atoms with Gasteiger partial charge in [0, 0.05) is 23.3 Å². The average Bonchev–Trinajstić information content (AvgIpc) is 3.59. The first-order valence-corrected chi connectivity index (χ1v) is 11.0. The van der Waals surface area contributed by atoms with Crippen LogP contribution in [0.4, 0.5) is 0 Å². The molecule has 5 aromatic rings. The zero-order valence-electron chi connectivity index (χ0n) is 19.5. The molecule has 0 spiro atoms. The SMILES string of the molecule is O=C(O)c1cc(-c2cn(-c3ccc(C(=O)O)c(O)c3)nn2)cc(-c2cn(-c3ccc(C(=O)O)c(O)c3)nn2)c1. The van der Waals surface area contributed by atoms with Crippen LogP contribution in [0.1, 0.15) is 31.1 Å². The van der Waals surface area contributed by atoms with Gasteiger partial charge in [-0.05, 0) is 42.5 Å². The zero-order chi connectivity index (χ0) is 27.8. The van der Waals surface area contributed by atoms with Crippen molar-refractivity contribution in [2.75, 3.05) is 0 Å². The molecule has 5 N–H and O–H groups in total. The van der Waals surface area contributed by atoms with Gasteiger partial charge in [-0.25, -0.2) is 23.7 Å². The summed E-state index contributed by atoms with van der Waals surface area (Å²) in [6.07, 6.45) is 2.95. The lowest BCUT2D eigenvalue weighted by atomic mass is 10.0. The maximum Gasteiger partial charge on any atom is 0.339 e. The normalized spacial score (nSPS) is 10.9. The number of hydrogen-bond acceptors (Lipinski definition) is 9. The highest BCUT2D eigenvalue weighted by Gasteiger charge is 2.17. The van der Waals surface area contributed by atoms with E-state index in [9.17, 15) is 29.7 Å². The summed E-state index contributed by atoms with van der Waals surface area (Å²) in [4.78, 5) is 34.1. The van der Waals surface area contributed by atoms with Crippen molar-refractivity contribution in [3.63, 3.8) is 0 Å². The standard InChI is InChI=1S/C25H16N6O8/c32-21-8-15(1-3-17(21)24(36)37)30-10-19(26-28-30)12-5-13(7-14(6-12)23(34)35)20-11-31(29-27-20)16-2-4-18(25(38)39)22(33)9-16/h1-11,32-33H,(H,34,35)(H,36,37)(H,38,39). The van der Waals surface area contributed by atoms with Gasteiger partial charge in [-0.3, -0.25) is 0 Å². The molecule has 0 aliphatic rings. The Morgan fingerprint density at radius 1 is 0.590 bits per heavy atom. The monoisotopic (exact) mass is 528 g/mol. The number of aromatic nitrogens is 6. The number of phenols is 2. The van der Waals surface area contributed by atoms with Crippen molar-refractivity contribution in [1.29, 1.82) is 0 Å². The van der Waals surface area contributed by atoms with E-state index < -0.39 is 29.4 Å². The quantitative estimate of drug-likeness (QED) is 0.206. The molecule has 0 aliphatic carbocycles. The lowest BCUT2D eigenvalue weighted by Crippen LogP contribution is -2.00. The molecule has 14 nitrogen and oxygen atoms in total. The minimum Gasteiger partial charge on any atom is -0.507 e. The number of benzene rings is 3. The molecule has 2 aromatic heterocycles. The van der Waals surface area contributed by atoms with Gasteiger partial charge in [0.25, 0.3) is 0 Å². The average molecular weight is 528 g/mol. The number of aromatic hydroxyl groups is 2. The molecular formula is C25H16N6O8. The molecule has 0 unspecified atom stereocenters. The van der Waals surface area contributed by atoms with Crippen LogP contribution in [0.5, 0.6) is 11.5 Å². The molecule has 14 heteroatoms. The van der Waals surface area contributed by atoms with E-state index in [0.717, 1.165) is 0 Å². The van der Waals surface area contributed by atoms with E-state index in [-0.39, 0.29) is 28.1 Å². The maximum atomic E-state index is 11.8. The van der Waals surface area contributed by atoms with E-state index in [2.05, 4.69) is 20.6 Å². The summed E-state index contributed by atoms with van der Waals surface area (Å²) in [5, 5.41) is 63.9. The first-order chi connectivity index (χ1) is 18.6. The van der Waals surface area contributed by atoms with Crippen molar-refractivity contribution < 1.29 is 39.9 Å². The fourth-order valence-corrected chi connectivity index (χ4v) is 3.78. The summed E-state index contributed by atoms with van der Waals surface area (Å²) in [6, 6.07) is 12.1. The Morgan fingerprint density at radius 3 is 1.38 bits per heavy atom. The van der Waals surface area contributed by atoms with Crippen molar-refractivity contribution in [2.24, 2.45) is 0 Å². The predicted octanol–water partition coefficient (Wildman–Crippen LogP) is 2.69. The highest BCUT2D eigenvalue weighted by Crippen LogP contribution is 2.29. The molecule has 2 heterocycles. The molecule has 0 saturated heterocycles. The summed E-state index contributed by atoms with van der Waals surface area (Å²) < 4.78 is 2.58. The molecule has 3 aromatic carbocycles. The number of aromatic carboxylic acids is 3. The second kappa shape index (κ2) is 9.44. The third-order valence-corrected chi connectivity index (χ3v) is 5.71. The van der Waals surface area contributed by atoms with E-state index in [1.165, 1.54) is 70.3 Å². The molecule has 5 rings (SSSR count). The number of carboxylic acid groups (broad SMARTS) is 3. The molecule has 194 valence electrons. The van der Waals surface area contributed by atoms with Gasteiger partial charge in [-0.2, -0.15) is 0 Å². The van der Waals surface area contributed by atoms with Crippen molar-refractivity contribution in [1.82, 2.24) is 30.0 Å². The lowest BCUT2D eigenvalue weighted by molar-refractivity contribution is 0.0682. The Hall–Kier alpha value is -6.05. The molecule has 0 radical (unpaired) electrons. The molecule has 0 atom stereocenters. The van der Waals surface area contributed by atoms with Gasteiger partial charge < -0.3 is 25.5 Å². The van der Waals surface area contributed by atoms with E-state index >= 15 is 0 Å². The molecule has 0 bridgehead atoms. The second-order valence-electron chi connectivity index (χ2n) is 8.21. The molecule has 0 saturated carbocycles. The lowest BCUT2D eigenvalue weighted by Gasteiger charge is -2.05. The van der Waals surface area contributed by atoms with E-state index in [4.69, 9.17) is 10.2 Å². The predicted molar refractivity (Wildman–Crippen MR) is 131 cm³/mol. The van der Waals surface area contributed by atoms with Crippen LogP contribution in [-0.4, -0.2) is 73.4 Å². The molecule has 0 aliphatic heterocycles. The van der Waals surface area contributed by atoms with Crippen molar-refractivity contribution in [3.8, 4) is 45.4 Å². The Morgan fingerprint density at radius 2 is 1.03 bits per heavy atom. The maximum absolute atomic E-state index is 11.8. The third kappa shape index (κ3) is 4.72. The van der Waals surface area contributed by atoms with Gasteiger partial charge in [0.1, 0.15) is 34.0 Å². The number of nitrogens with zero attached hydrogens (tertiary/aromatic N) is 6. The first kappa shape index (κ1) is 24.6. The molecule has 0 fully saturated rings. The minimum absolute atomic E-state index is 0.0708. The topological polar surface area (TPSA) is 214 Å². The number of hydrogen-bond donors (Lipinski definition) is 5. The third-order valence-electron chi connectivity index (χ3n) is 5.71. The van der Waals surface area contributed by atoms with E-state index in [0.29, 0.717) is 22.5 Å². The Bertz CT molecular complexity index is 1670. The van der Waals surface area contributed by atoms with Gasteiger partial charge in [-0.1, -0.05) is 10.4 Å². The van der Waals surface area contributed by atoms with Crippen LogP contribution >= 0.6 is 0 Å². The molecule has 39 heavy (non-hydrogen) atoms. The van der Waals surface area contributed by atoms with Crippen LogP contribution in [0.25, 0.3) is 33.9 Å². The van der Waals surface area contributed by atoms with Gasteiger partial charge in [0.15, 0.2) is 0 Å². The summed E-state index contributed by atoms with van der Waals surface area (Å²) in [6.45, 7) is 0. The van der Waals surface area contributed by atoms with Crippen LogP contribution < -0.4 is 0 Å². The summed E-state index contributed by atoms with van der Waals surface area (Å²) in [7, 11) is 0. The van der Waals surface area contributed by atoms with Crippen molar-refractivity contribution in [3.05, 3.63) is 83.7 Å². The largest absolute Gasteiger partial charge is 0.507 e. The van der Waals surface area contributed by atoms with Crippen molar-refractivity contribution >= 4 is 17.9 Å². The second-order valence-corrected chi connectivity index (χ2v) is 8.21. The summed E-state index contributed by atoms with van der Waals surface area (Å²) in [5.41, 5.74) is 1.33. The number of carboxylic acids is 3. The number of carbonyl (C=O) groups is 3.